The molecule has 3 heteroatoms. The van der Waals surface area contributed by atoms with Crippen molar-refractivity contribution in [1.82, 2.24) is 4.90 Å². The second-order valence-corrected chi connectivity index (χ2v) is 5.43. The molecule has 0 saturated heterocycles. The third kappa shape index (κ3) is 4.08. The van der Waals surface area contributed by atoms with Crippen LogP contribution >= 0.6 is 0 Å². The molecule has 104 valence electrons. The molecule has 3 nitrogen and oxygen atoms in total. The molecule has 0 aliphatic rings. The van der Waals surface area contributed by atoms with Crippen LogP contribution in [0.5, 0.6) is 0 Å². The van der Waals surface area contributed by atoms with E-state index in [0.29, 0.717) is 6.04 Å². The predicted octanol–water partition coefficient (Wildman–Crippen LogP) is 3.03. The molecule has 0 spiro atoms. The van der Waals surface area contributed by atoms with Crippen molar-refractivity contribution in [2.45, 2.75) is 32.2 Å². The molecule has 0 aliphatic heterocycles. The van der Waals surface area contributed by atoms with Crippen LogP contribution < -0.4 is 5.73 Å². The van der Waals surface area contributed by atoms with Gasteiger partial charge in [-0.2, -0.15) is 0 Å². The standard InChI is InChI=1S/C16H24N2O/c1-13(17)6-5-10-18(2)11-9-14-12-19-16-8-4-3-7-15(14)16/h3-4,7-8,12-13H,5-6,9-11,17H2,1-2H3. The predicted molar refractivity (Wildman–Crippen MR) is 80.3 cm³/mol. The van der Waals surface area contributed by atoms with Gasteiger partial charge in [-0.15, -0.1) is 0 Å². The van der Waals surface area contributed by atoms with E-state index in [1.807, 2.05) is 18.4 Å². The molecule has 0 radical (unpaired) electrons. The van der Waals surface area contributed by atoms with Crippen molar-refractivity contribution < 1.29 is 4.42 Å². The van der Waals surface area contributed by atoms with Crippen LogP contribution in [0.3, 0.4) is 0 Å². The van der Waals surface area contributed by atoms with Crippen LogP contribution in [0.1, 0.15) is 25.3 Å². The molecule has 1 unspecified atom stereocenters. The Morgan fingerprint density at radius 2 is 2.05 bits per heavy atom. The molecule has 1 atom stereocenters. The molecule has 2 N–H and O–H groups in total. The topological polar surface area (TPSA) is 42.4 Å². The van der Waals surface area contributed by atoms with E-state index in [0.717, 1.165) is 31.5 Å². The van der Waals surface area contributed by atoms with Gasteiger partial charge < -0.3 is 15.1 Å². The fraction of sp³-hybridized carbons (Fsp3) is 0.500. The summed E-state index contributed by atoms with van der Waals surface area (Å²) < 4.78 is 5.56. The summed E-state index contributed by atoms with van der Waals surface area (Å²) in [6.45, 7) is 4.23. The lowest BCUT2D eigenvalue weighted by atomic mass is 10.1. The van der Waals surface area contributed by atoms with E-state index in [-0.39, 0.29) is 0 Å². The first-order valence-corrected chi connectivity index (χ1v) is 7.06. The van der Waals surface area contributed by atoms with Crippen LogP contribution in [0.4, 0.5) is 0 Å². The molecule has 0 amide bonds. The molecule has 0 aliphatic carbocycles. The van der Waals surface area contributed by atoms with Crippen molar-refractivity contribution in [3.05, 3.63) is 36.1 Å². The van der Waals surface area contributed by atoms with Crippen LogP contribution in [0.15, 0.2) is 34.9 Å². The number of para-hydroxylation sites is 1. The summed E-state index contributed by atoms with van der Waals surface area (Å²) in [7, 11) is 2.17. The van der Waals surface area contributed by atoms with Crippen molar-refractivity contribution in [2.75, 3.05) is 20.1 Å². The van der Waals surface area contributed by atoms with E-state index < -0.39 is 0 Å². The van der Waals surface area contributed by atoms with Crippen LogP contribution in [0, 0.1) is 0 Å². The Balaban J connectivity index is 1.81. The lowest BCUT2D eigenvalue weighted by molar-refractivity contribution is 0.326. The summed E-state index contributed by atoms with van der Waals surface area (Å²) in [5.41, 5.74) is 8.05. The number of rotatable bonds is 7. The zero-order valence-corrected chi connectivity index (χ0v) is 11.9. The maximum atomic E-state index is 5.76. The first-order valence-electron chi connectivity index (χ1n) is 7.06. The van der Waals surface area contributed by atoms with Gasteiger partial charge in [-0.25, -0.2) is 0 Å². The first-order chi connectivity index (χ1) is 9.16. The molecule has 19 heavy (non-hydrogen) atoms. The number of nitrogens with zero attached hydrogens (tertiary/aromatic N) is 1. The fourth-order valence-electron chi connectivity index (χ4n) is 2.33. The lowest BCUT2D eigenvalue weighted by Gasteiger charge is -2.16. The average molecular weight is 260 g/mol. The third-order valence-electron chi connectivity index (χ3n) is 3.52. The van der Waals surface area contributed by atoms with Gasteiger partial charge in [0.1, 0.15) is 5.58 Å². The first kappa shape index (κ1) is 14.1. The molecule has 0 fully saturated rings. The van der Waals surface area contributed by atoms with E-state index >= 15 is 0 Å². The molecule has 1 aromatic carbocycles. The second kappa shape index (κ2) is 6.73. The van der Waals surface area contributed by atoms with Crippen molar-refractivity contribution in [3.63, 3.8) is 0 Å². The number of fused-ring (bicyclic) bond motifs is 1. The van der Waals surface area contributed by atoms with Gasteiger partial charge in [-0.3, -0.25) is 0 Å². The number of furan rings is 1. The highest BCUT2D eigenvalue weighted by Gasteiger charge is 2.06. The number of nitrogens with two attached hydrogens (primary N) is 1. The second-order valence-electron chi connectivity index (χ2n) is 5.43. The summed E-state index contributed by atoms with van der Waals surface area (Å²) in [6.07, 6.45) is 5.19. The Kier molecular flexibility index (Phi) is 5.00. The van der Waals surface area contributed by atoms with Crippen molar-refractivity contribution in [3.8, 4) is 0 Å². The van der Waals surface area contributed by atoms with Crippen LogP contribution in [0.2, 0.25) is 0 Å². The van der Waals surface area contributed by atoms with Gasteiger partial charge in [-0.1, -0.05) is 18.2 Å². The summed E-state index contributed by atoms with van der Waals surface area (Å²) in [5, 5.41) is 1.24. The van der Waals surface area contributed by atoms with Crippen molar-refractivity contribution in [2.24, 2.45) is 5.73 Å². The lowest BCUT2D eigenvalue weighted by Crippen LogP contribution is -2.24. The van der Waals surface area contributed by atoms with E-state index in [9.17, 15) is 0 Å². The molecular weight excluding hydrogens is 236 g/mol. The average Bonchev–Trinajstić information content (AvgIpc) is 2.79. The number of hydrogen-bond donors (Lipinski definition) is 1. The minimum atomic E-state index is 0.311. The van der Waals surface area contributed by atoms with Crippen LogP contribution in [0.25, 0.3) is 11.0 Å². The van der Waals surface area contributed by atoms with Gasteiger partial charge in [0.15, 0.2) is 0 Å². The fourth-order valence-corrected chi connectivity index (χ4v) is 2.33. The number of hydrogen-bond acceptors (Lipinski definition) is 3. The number of benzene rings is 1. The molecule has 1 heterocycles. The zero-order valence-electron chi connectivity index (χ0n) is 11.9. The molecule has 0 bridgehead atoms. The largest absolute Gasteiger partial charge is 0.464 e. The minimum Gasteiger partial charge on any atom is -0.464 e. The molecule has 0 saturated carbocycles. The van der Waals surface area contributed by atoms with E-state index in [4.69, 9.17) is 10.2 Å². The molecular formula is C16H24N2O. The quantitative estimate of drug-likeness (QED) is 0.832. The van der Waals surface area contributed by atoms with Gasteiger partial charge >= 0.3 is 0 Å². The van der Waals surface area contributed by atoms with Crippen LogP contribution in [-0.2, 0) is 6.42 Å². The minimum absolute atomic E-state index is 0.311. The zero-order chi connectivity index (χ0) is 13.7. The maximum Gasteiger partial charge on any atom is 0.134 e. The Bertz CT molecular complexity index is 504. The normalized spacial score (nSPS) is 13.3. The van der Waals surface area contributed by atoms with Gasteiger partial charge in [0, 0.05) is 18.0 Å². The third-order valence-corrected chi connectivity index (χ3v) is 3.52. The Hall–Kier alpha value is -1.32. The van der Waals surface area contributed by atoms with Gasteiger partial charge in [0.05, 0.1) is 6.26 Å². The monoisotopic (exact) mass is 260 g/mol. The maximum absolute atomic E-state index is 5.76. The highest BCUT2D eigenvalue weighted by molar-refractivity contribution is 5.80. The van der Waals surface area contributed by atoms with E-state index in [1.165, 1.54) is 17.4 Å². The number of likely N-dealkylation sites (N-methyl/N-ethyl adjacent to an activating group) is 1. The van der Waals surface area contributed by atoms with Gasteiger partial charge in [0.25, 0.3) is 0 Å². The van der Waals surface area contributed by atoms with Crippen molar-refractivity contribution >= 4 is 11.0 Å². The van der Waals surface area contributed by atoms with Gasteiger partial charge in [-0.05, 0) is 51.4 Å². The van der Waals surface area contributed by atoms with E-state index in [1.54, 1.807) is 0 Å². The Morgan fingerprint density at radius 1 is 1.26 bits per heavy atom. The van der Waals surface area contributed by atoms with E-state index in [2.05, 4.69) is 31.0 Å². The molecule has 1 aromatic heterocycles. The highest BCUT2D eigenvalue weighted by Crippen LogP contribution is 2.21. The molecule has 2 rings (SSSR count). The highest BCUT2D eigenvalue weighted by atomic mass is 16.3. The SMILES string of the molecule is CC(N)CCCN(C)CCc1coc2ccccc12. The summed E-state index contributed by atoms with van der Waals surface area (Å²) in [5.74, 6) is 0. The van der Waals surface area contributed by atoms with Crippen LogP contribution in [-0.4, -0.2) is 31.1 Å². The Labute approximate surface area is 115 Å². The van der Waals surface area contributed by atoms with Crippen molar-refractivity contribution in [1.29, 1.82) is 0 Å². The smallest absolute Gasteiger partial charge is 0.134 e. The summed E-state index contributed by atoms with van der Waals surface area (Å²) >= 11 is 0. The Morgan fingerprint density at radius 3 is 2.84 bits per heavy atom. The molecule has 2 aromatic rings. The summed E-state index contributed by atoms with van der Waals surface area (Å²) in [6, 6.07) is 8.53. The van der Waals surface area contributed by atoms with Gasteiger partial charge in [0.2, 0.25) is 0 Å². The summed E-state index contributed by atoms with van der Waals surface area (Å²) in [4.78, 5) is 2.37.